The molecular weight excluding hydrogens is 335 g/mol. The molecule has 0 atom stereocenters. The number of nitrogens with zero attached hydrogens (tertiary/aromatic N) is 2. The van der Waals surface area contributed by atoms with Gasteiger partial charge in [-0.15, -0.1) is 0 Å². The fourth-order valence-corrected chi connectivity index (χ4v) is 2.65. The van der Waals surface area contributed by atoms with Gasteiger partial charge in [-0.2, -0.15) is 0 Å². The maximum absolute atomic E-state index is 14.0. The van der Waals surface area contributed by atoms with E-state index in [-0.39, 0.29) is 11.3 Å². The normalized spacial score (nSPS) is 10.8. The highest BCUT2D eigenvalue weighted by Crippen LogP contribution is 2.33. The molecule has 0 aliphatic heterocycles. The Morgan fingerprint density at radius 1 is 1.12 bits per heavy atom. The lowest BCUT2D eigenvalue weighted by molar-refractivity contribution is -0.385. The summed E-state index contributed by atoms with van der Waals surface area (Å²) in [7, 11) is 0. The van der Waals surface area contributed by atoms with Crippen LogP contribution in [0, 0.1) is 29.8 Å². The number of nitro groups is 1. The Kier molecular flexibility index (Phi) is 4.07. The van der Waals surface area contributed by atoms with Crippen LogP contribution in [-0.2, 0) is 0 Å². The van der Waals surface area contributed by atoms with Gasteiger partial charge in [0.1, 0.15) is 11.5 Å². The Bertz CT molecular complexity index is 953. The zero-order chi connectivity index (χ0) is 17.4. The zero-order valence-electron chi connectivity index (χ0n) is 12.8. The number of aryl methyl sites for hydroxylation is 2. The number of benzene rings is 2. The summed E-state index contributed by atoms with van der Waals surface area (Å²) >= 11 is 5.75. The van der Waals surface area contributed by atoms with E-state index in [1.54, 1.807) is 32.0 Å². The summed E-state index contributed by atoms with van der Waals surface area (Å²) in [6.07, 6.45) is 0. The molecule has 0 saturated heterocycles. The average Bonchev–Trinajstić information content (AvgIpc) is 2.98. The van der Waals surface area contributed by atoms with Gasteiger partial charge in [0.05, 0.1) is 4.92 Å². The van der Waals surface area contributed by atoms with E-state index in [1.807, 2.05) is 0 Å². The second kappa shape index (κ2) is 6.05. The third-order valence-electron chi connectivity index (χ3n) is 3.72. The largest absolute Gasteiger partial charge is 0.356 e. The van der Waals surface area contributed by atoms with Crippen LogP contribution in [0.25, 0.3) is 22.6 Å². The van der Waals surface area contributed by atoms with Gasteiger partial charge in [0.2, 0.25) is 0 Å². The molecule has 0 radical (unpaired) electrons. The molecule has 122 valence electrons. The molecule has 7 heteroatoms. The minimum atomic E-state index is -0.501. The first-order chi connectivity index (χ1) is 11.4. The van der Waals surface area contributed by atoms with Gasteiger partial charge in [-0.25, -0.2) is 4.39 Å². The van der Waals surface area contributed by atoms with E-state index in [1.165, 1.54) is 18.2 Å². The Morgan fingerprint density at radius 3 is 2.54 bits per heavy atom. The fraction of sp³-hybridized carbons (Fsp3) is 0.118. The second-order valence-corrected chi connectivity index (χ2v) is 5.85. The maximum atomic E-state index is 14.0. The number of rotatable bonds is 3. The van der Waals surface area contributed by atoms with Gasteiger partial charge in [-0.05, 0) is 43.7 Å². The van der Waals surface area contributed by atoms with E-state index >= 15 is 0 Å². The molecule has 1 heterocycles. The van der Waals surface area contributed by atoms with Crippen molar-refractivity contribution in [3.63, 3.8) is 0 Å². The summed E-state index contributed by atoms with van der Waals surface area (Å²) in [5.74, 6) is -0.0891. The summed E-state index contributed by atoms with van der Waals surface area (Å²) in [5, 5.41) is 15.2. The van der Waals surface area contributed by atoms with Crippen LogP contribution in [0.5, 0.6) is 0 Å². The number of halogens is 2. The number of nitro benzene ring substituents is 1. The number of aromatic nitrogens is 1. The third-order valence-corrected chi connectivity index (χ3v) is 3.96. The van der Waals surface area contributed by atoms with E-state index in [0.29, 0.717) is 33.2 Å². The minimum Gasteiger partial charge on any atom is -0.356 e. The highest BCUT2D eigenvalue weighted by atomic mass is 35.5. The van der Waals surface area contributed by atoms with Gasteiger partial charge in [0.15, 0.2) is 5.76 Å². The summed E-state index contributed by atoms with van der Waals surface area (Å²) in [6.45, 7) is 3.39. The van der Waals surface area contributed by atoms with Gasteiger partial charge >= 0.3 is 0 Å². The van der Waals surface area contributed by atoms with Gasteiger partial charge in [0.25, 0.3) is 5.69 Å². The minimum absolute atomic E-state index is 0.0414. The molecule has 3 rings (SSSR count). The molecule has 0 amide bonds. The van der Waals surface area contributed by atoms with Crippen molar-refractivity contribution in [3.8, 4) is 22.6 Å². The lowest BCUT2D eigenvalue weighted by Crippen LogP contribution is -1.94. The average molecular weight is 347 g/mol. The van der Waals surface area contributed by atoms with Gasteiger partial charge in [-0.1, -0.05) is 16.8 Å². The monoisotopic (exact) mass is 346 g/mol. The Balaban J connectivity index is 2.05. The van der Waals surface area contributed by atoms with Crippen molar-refractivity contribution < 1.29 is 13.8 Å². The standard InChI is InChI=1S/C17H12ClFN2O3/c1-9-6-16(21(22)23)10(2)5-13(9)17-8-15(20-24-17)12-4-3-11(18)7-14(12)19/h3-8H,1-2H3. The molecule has 0 bridgehead atoms. The molecule has 2 aromatic carbocycles. The fourth-order valence-electron chi connectivity index (χ4n) is 2.49. The van der Waals surface area contributed by atoms with Crippen molar-refractivity contribution in [2.45, 2.75) is 13.8 Å². The number of hydrogen-bond acceptors (Lipinski definition) is 4. The van der Waals surface area contributed by atoms with Gasteiger partial charge < -0.3 is 4.52 Å². The van der Waals surface area contributed by atoms with Crippen LogP contribution in [0.3, 0.4) is 0 Å². The molecule has 0 N–H and O–H groups in total. The second-order valence-electron chi connectivity index (χ2n) is 5.41. The molecule has 24 heavy (non-hydrogen) atoms. The topological polar surface area (TPSA) is 69.2 Å². The van der Waals surface area contributed by atoms with Crippen LogP contribution < -0.4 is 0 Å². The van der Waals surface area contributed by atoms with Crippen molar-refractivity contribution in [2.75, 3.05) is 0 Å². The summed E-state index contributed by atoms with van der Waals surface area (Å²) in [6, 6.07) is 9.03. The molecule has 0 aliphatic carbocycles. The van der Waals surface area contributed by atoms with Crippen LogP contribution in [0.4, 0.5) is 10.1 Å². The highest BCUT2D eigenvalue weighted by Gasteiger charge is 2.18. The Morgan fingerprint density at radius 2 is 1.88 bits per heavy atom. The van der Waals surface area contributed by atoms with Crippen molar-refractivity contribution in [2.24, 2.45) is 0 Å². The Hall–Kier alpha value is -2.73. The molecule has 5 nitrogen and oxygen atoms in total. The predicted octanol–water partition coefficient (Wildman–Crippen LogP) is 5.33. The molecule has 1 aromatic heterocycles. The first kappa shape index (κ1) is 16.1. The zero-order valence-corrected chi connectivity index (χ0v) is 13.6. The highest BCUT2D eigenvalue weighted by molar-refractivity contribution is 6.30. The molecule has 0 aliphatic rings. The Labute approximate surface area is 141 Å². The van der Waals surface area contributed by atoms with Crippen LogP contribution in [-0.4, -0.2) is 10.1 Å². The maximum Gasteiger partial charge on any atom is 0.272 e. The van der Waals surface area contributed by atoms with Crippen molar-refractivity contribution in [1.29, 1.82) is 0 Å². The molecule has 0 fully saturated rings. The molecule has 0 unspecified atom stereocenters. The third kappa shape index (κ3) is 2.88. The van der Waals surface area contributed by atoms with Crippen molar-refractivity contribution >= 4 is 17.3 Å². The lowest BCUT2D eigenvalue weighted by atomic mass is 10.0. The summed E-state index contributed by atoms with van der Waals surface area (Å²) in [4.78, 5) is 10.6. The van der Waals surface area contributed by atoms with Crippen LogP contribution in [0.1, 0.15) is 11.1 Å². The van der Waals surface area contributed by atoms with E-state index in [2.05, 4.69) is 5.16 Å². The molecule has 3 aromatic rings. The van der Waals surface area contributed by atoms with Crippen molar-refractivity contribution in [3.05, 3.63) is 68.5 Å². The van der Waals surface area contributed by atoms with E-state index < -0.39 is 10.7 Å². The molecular formula is C17H12ClFN2O3. The van der Waals surface area contributed by atoms with E-state index in [9.17, 15) is 14.5 Å². The van der Waals surface area contributed by atoms with Crippen LogP contribution in [0.15, 0.2) is 40.9 Å². The van der Waals surface area contributed by atoms with Gasteiger partial charge in [0, 0.05) is 33.8 Å². The molecule has 0 saturated carbocycles. The lowest BCUT2D eigenvalue weighted by Gasteiger charge is -2.04. The van der Waals surface area contributed by atoms with Crippen LogP contribution in [0.2, 0.25) is 5.02 Å². The first-order valence-electron chi connectivity index (χ1n) is 7.05. The van der Waals surface area contributed by atoms with Gasteiger partial charge in [-0.3, -0.25) is 10.1 Å². The predicted molar refractivity (Wildman–Crippen MR) is 88.5 cm³/mol. The first-order valence-corrected chi connectivity index (χ1v) is 7.43. The van der Waals surface area contributed by atoms with E-state index in [4.69, 9.17) is 16.1 Å². The van der Waals surface area contributed by atoms with E-state index in [0.717, 1.165) is 0 Å². The SMILES string of the molecule is Cc1cc([N+](=O)[O-])c(C)cc1-c1cc(-c2ccc(Cl)cc2F)no1. The summed E-state index contributed by atoms with van der Waals surface area (Å²) in [5.41, 5.74) is 2.49. The van der Waals surface area contributed by atoms with Crippen LogP contribution >= 0.6 is 11.6 Å². The summed E-state index contributed by atoms with van der Waals surface area (Å²) < 4.78 is 19.3. The quantitative estimate of drug-likeness (QED) is 0.475. The van der Waals surface area contributed by atoms with Crippen molar-refractivity contribution in [1.82, 2.24) is 5.16 Å². The molecule has 0 spiro atoms. The smallest absolute Gasteiger partial charge is 0.272 e. The number of hydrogen-bond donors (Lipinski definition) is 0.